The highest BCUT2D eigenvalue weighted by Crippen LogP contribution is 2.21. The summed E-state index contributed by atoms with van der Waals surface area (Å²) in [6.45, 7) is 6.62. The first-order valence-corrected chi connectivity index (χ1v) is 7.11. The SMILES string of the molecule is COC1(CNC(=O)C[C@@H](CN)CC(C)C)CCOC1. The lowest BCUT2D eigenvalue weighted by atomic mass is 9.94. The van der Waals surface area contributed by atoms with E-state index in [0.717, 1.165) is 12.8 Å². The van der Waals surface area contributed by atoms with Crippen LogP contribution in [0.15, 0.2) is 0 Å². The lowest BCUT2D eigenvalue weighted by molar-refractivity contribution is -0.123. The highest BCUT2D eigenvalue weighted by atomic mass is 16.5. The van der Waals surface area contributed by atoms with Crippen molar-refractivity contribution in [2.24, 2.45) is 17.6 Å². The summed E-state index contributed by atoms with van der Waals surface area (Å²) in [7, 11) is 1.67. The van der Waals surface area contributed by atoms with Crippen molar-refractivity contribution < 1.29 is 14.3 Å². The second-order valence-electron chi connectivity index (χ2n) is 5.90. The van der Waals surface area contributed by atoms with Gasteiger partial charge in [-0.3, -0.25) is 4.79 Å². The van der Waals surface area contributed by atoms with Gasteiger partial charge in [0, 0.05) is 33.1 Å². The lowest BCUT2D eigenvalue weighted by Crippen LogP contribution is -2.45. The predicted molar refractivity (Wildman–Crippen MR) is 74.8 cm³/mol. The summed E-state index contributed by atoms with van der Waals surface area (Å²) in [5, 5.41) is 2.95. The number of carbonyl (C=O) groups is 1. The van der Waals surface area contributed by atoms with E-state index in [0.29, 0.717) is 38.6 Å². The molecule has 1 saturated heterocycles. The summed E-state index contributed by atoms with van der Waals surface area (Å²) >= 11 is 0. The maximum atomic E-state index is 11.9. The van der Waals surface area contributed by atoms with Gasteiger partial charge in [-0.05, 0) is 24.8 Å². The third-order valence-electron chi connectivity index (χ3n) is 3.72. The van der Waals surface area contributed by atoms with E-state index in [1.807, 2.05) is 0 Å². The molecule has 112 valence electrons. The molecule has 0 bridgehead atoms. The van der Waals surface area contributed by atoms with Gasteiger partial charge in [-0.2, -0.15) is 0 Å². The maximum Gasteiger partial charge on any atom is 0.220 e. The van der Waals surface area contributed by atoms with Crippen LogP contribution in [0.2, 0.25) is 0 Å². The van der Waals surface area contributed by atoms with Gasteiger partial charge in [0.1, 0.15) is 5.60 Å². The van der Waals surface area contributed by atoms with Gasteiger partial charge in [0.05, 0.1) is 6.61 Å². The molecular formula is C14H28N2O3. The van der Waals surface area contributed by atoms with E-state index in [4.69, 9.17) is 15.2 Å². The largest absolute Gasteiger partial charge is 0.378 e. The Morgan fingerprint density at radius 1 is 1.53 bits per heavy atom. The minimum absolute atomic E-state index is 0.0550. The fourth-order valence-electron chi connectivity index (χ4n) is 2.48. The van der Waals surface area contributed by atoms with E-state index >= 15 is 0 Å². The van der Waals surface area contributed by atoms with Crippen molar-refractivity contribution in [2.45, 2.75) is 38.7 Å². The number of carbonyl (C=O) groups excluding carboxylic acids is 1. The first-order valence-electron chi connectivity index (χ1n) is 7.11. The average molecular weight is 272 g/mol. The van der Waals surface area contributed by atoms with Crippen LogP contribution >= 0.6 is 0 Å². The van der Waals surface area contributed by atoms with Crippen molar-refractivity contribution in [1.29, 1.82) is 0 Å². The molecule has 3 N–H and O–H groups in total. The van der Waals surface area contributed by atoms with E-state index in [-0.39, 0.29) is 17.4 Å². The molecule has 0 saturated carbocycles. The van der Waals surface area contributed by atoms with Crippen LogP contribution in [-0.2, 0) is 14.3 Å². The minimum atomic E-state index is -0.341. The van der Waals surface area contributed by atoms with E-state index in [1.54, 1.807) is 7.11 Å². The monoisotopic (exact) mass is 272 g/mol. The van der Waals surface area contributed by atoms with Crippen molar-refractivity contribution in [2.75, 3.05) is 33.4 Å². The van der Waals surface area contributed by atoms with Gasteiger partial charge in [-0.1, -0.05) is 13.8 Å². The molecule has 1 amide bonds. The van der Waals surface area contributed by atoms with E-state index in [1.165, 1.54) is 0 Å². The second-order valence-corrected chi connectivity index (χ2v) is 5.90. The fourth-order valence-corrected chi connectivity index (χ4v) is 2.48. The van der Waals surface area contributed by atoms with Gasteiger partial charge in [-0.25, -0.2) is 0 Å². The Labute approximate surface area is 116 Å². The fraction of sp³-hybridized carbons (Fsp3) is 0.929. The molecule has 1 fully saturated rings. The van der Waals surface area contributed by atoms with Gasteiger partial charge >= 0.3 is 0 Å². The van der Waals surface area contributed by atoms with Crippen LogP contribution in [0.25, 0.3) is 0 Å². The van der Waals surface area contributed by atoms with Crippen LogP contribution in [0, 0.1) is 11.8 Å². The zero-order valence-corrected chi connectivity index (χ0v) is 12.4. The van der Waals surface area contributed by atoms with Gasteiger partial charge in [-0.15, -0.1) is 0 Å². The normalized spacial score (nSPS) is 24.7. The van der Waals surface area contributed by atoms with E-state index in [2.05, 4.69) is 19.2 Å². The molecule has 0 aromatic carbocycles. The van der Waals surface area contributed by atoms with Crippen molar-refractivity contribution in [1.82, 2.24) is 5.32 Å². The van der Waals surface area contributed by atoms with Crippen LogP contribution in [0.3, 0.4) is 0 Å². The van der Waals surface area contributed by atoms with Crippen molar-refractivity contribution in [3.8, 4) is 0 Å². The summed E-state index contributed by atoms with van der Waals surface area (Å²) in [6, 6.07) is 0. The van der Waals surface area contributed by atoms with Crippen LogP contribution in [0.4, 0.5) is 0 Å². The summed E-state index contributed by atoms with van der Waals surface area (Å²) in [4.78, 5) is 11.9. The smallest absolute Gasteiger partial charge is 0.220 e. The summed E-state index contributed by atoms with van der Waals surface area (Å²) in [6.07, 6.45) is 2.31. The molecule has 1 aliphatic rings. The number of ether oxygens (including phenoxy) is 2. The Balaban J connectivity index is 2.33. The third-order valence-corrected chi connectivity index (χ3v) is 3.72. The zero-order valence-electron chi connectivity index (χ0n) is 12.4. The Kier molecular flexibility index (Phi) is 6.75. The number of methoxy groups -OCH3 is 1. The highest BCUT2D eigenvalue weighted by Gasteiger charge is 2.35. The molecule has 0 aromatic rings. The molecular weight excluding hydrogens is 244 g/mol. The molecule has 5 heteroatoms. The molecule has 0 aliphatic carbocycles. The zero-order chi connectivity index (χ0) is 14.3. The molecule has 19 heavy (non-hydrogen) atoms. The molecule has 1 aliphatic heterocycles. The van der Waals surface area contributed by atoms with Crippen LogP contribution < -0.4 is 11.1 Å². The topological polar surface area (TPSA) is 73.6 Å². The van der Waals surface area contributed by atoms with Crippen molar-refractivity contribution in [3.05, 3.63) is 0 Å². The molecule has 2 atom stereocenters. The summed E-state index contributed by atoms with van der Waals surface area (Å²) < 4.78 is 10.8. The van der Waals surface area contributed by atoms with Gasteiger partial charge in [0.2, 0.25) is 5.91 Å². The number of rotatable bonds is 8. The summed E-state index contributed by atoms with van der Waals surface area (Å²) in [5.41, 5.74) is 5.37. The maximum absolute atomic E-state index is 11.9. The molecule has 5 nitrogen and oxygen atoms in total. The number of nitrogens with one attached hydrogen (secondary N) is 1. The lowest BCUT2D eigenvalue weighted by Gasteiger charge is -2.26. The van der Waals surface area contributed by atoms with Gasteiger partial charge in [0.15, 0.2) is 0 Å². The number of nitrogens with two attached hydrogens (primary N) is 1. The molecule has 1 unspecified atom stereocenters. The first kappa shape index (κ1) is 16.4. The van der Waals surface area contributed by atoms with Crippen LogP contribution in [0.5, 0.6) is 0 Å². The second kappa shape index (κ2) is 7.82. The number of amides is 1. The third kappa shape index (κ3) is 5.47. The summed E-state index contributed by atoms with van der Waals surface area (Å²) in [5.74, 6) is 0.882. The Bertz CT molecular complexity index is 276. The van der Waals surface area contributed by atoms with Crippen LogP contribution in [-0.4, -0.2) is 44.9 Å². The van der Waals surface area contributed by atoms with Gasteiger partial charge < -0.3 is 20.5 Å². The molecule has 1 rings (SSSR count). The molecule has 0 radical (unpaired) electrons. The Morgan fingerprint density at radius 2 is 2.26 bits per heavy atom. The Hall–Kier alpha value is -0.650. The Morgan fingerprint density at radius 3 is 2.74 bits per heavy atom. The standard InChI is InChI=1S/C14H28N2O3/c1-11(2)6-12(8-15)7-13(17)16-9-14(18-3)4-5-19-10-14/h11-12H,4-10,15H2,1-3H3,(H,16,17)/t12-,14?/m0/s1. The van der Waals surface area contributed by atoms with Crippen molar-refractivity contribution >= 4 is 5.91 Å². The number of hydrogen-bond donors (Lipinski definition) is 2. The first-order chi connectivity index (χ1) is 9.01. The van der Waals surface area contributed by atoms with Crippen LogP contribution in [0.1, 0.15) is 33.1 Å². The van der Waals surface area contributed by atoms with E-state index < -0.39 is 0 Å². The quantitative estimate of drug-likeness (QED) is 0.689. The van der Waals surface area contributed by atoms with Crippen molar-refractivity contribution in [3.63, 3.8) is 0 Å². The average Bonchev–Trinajstić information content (AvgIpc) is 2.84. The number of hydrogen-bond acceptors (Lipinski definition) is 4. The molecule has 0 spiro atoms. The predicted octanol–water partition coefficient (Wildman–Crippen LogP) is 0.919. The highest BCUT2D eigenvalue weighted by molar-refractivity contribution is 5.76. The van der Waals surface area contributed by atoms with Gasteiger partial charge in [0.25, 0.3) is 0 Å². The molecule has 0 aromatic heterocycles. The molecule has 1 heterocycles. The minimum Gasteiger partial charge on any atom is -0.378 e. The van der Waals surface area contributed by atoms with E-state index in [9.17, 15) is 4.79 Å².